The molecule has 4 atom stereocenters. The molecule has 2 bridgehead atoms. The number of Topliss-reactive ketones (excluding diaryl/α,β-unsaturated/α-hetero) is 1. The van der Waals surface area contributed by atoms with E-state index in [9.17, 15) is 9.59 Å². The van der Waals surface area contributed by atoms with Crippen molar-refractivity contribution in [3.05, 3.63) is 88.2 Å². The Morgan fingerprint density at radius 2 is 1.76 bits per heavy atom. The Morgan fingerprint density at radius 1 is 1.08 bits per heavy atom. The van der Waals surface area contributed by atoms with Crippen LogP contribution in [0, 0.1) is 32.6 Å². The van der Waals surface area contributed by atoms with Crippen molar-refractivity contribution in [2.75, 3.05) is 6.61 Å². The Balaban J connectivity index is 1.55. The molecular formula is C31H35NO5. The van der Waals surface area contributed by atoms with Gasteiger partial charge in [0.2, 0.25) is 0 Å². The van der Waals surface area contributed by atoms with E-state index in [0.717, 1.165) is 27.8 Å². The number of amides is 1. The number of benzene rings is 2. The van der Waals surface area contributed by atoms with E-state index in [2.05, 4.69) is 24.4 Å². The van der Waals surface area contributed by atoms with Gasteiger partial charge in [-0.15, -0.1) is 0 Å². The van der Waals surface area contributed by atoms with Gasteiger partial charge in [-0.3, -0.25) is 4.79 Å². The monoisotopic (exact) mass is 501 g/mol. The molecule has 2 aromatic rings. The van der Waals surface area contributed by atoms with Crippen LogP contribution in [0.25, 0.3) is 5.57 Å². The van der Waals surface area contributed by atoms with Gasteiger partial charge in [-0.1, -0.05) is 60.2 Å². The molecule has 3 aliphatic rings. The third-order valence-corrected chi connectivity index (χ3v) is 7.31. The highest BCUT2D eigenvalue weighted by molar-refractivity contribution is 6.26. The first kappa shape index (κ1) is 25.3. The Labute approximate surface area is 218 Å². The fourth-order valence-corrected chi connectivity index (χ4v) is 5.99. The van der Waals surface area contributed by atoms with Gasteiger partial charge in [0.25, 0.3) is 0 Å². The average molecular weight is 502 g/mol. The highest BCUT2D eigenvalue weighted by Gasteiger charge is 2.65. The third-order valence-electron chi connectivity index (χ3n) is 7.31. The van der Waals surface area contributed by atoms with Crippen molar-refractivity contribution in [1.29, 1.82) is 0 Å². The molecule has 2 aromatic carbocycles. The maximum absolute atomic E-state index is 14.1. The minimum atomic E-state index is -0.958. The largest absolute Gasteiger partial charge is 0.492 e. The molecular weight excluding hydrogens is 466 g/mol. The summed E-state index contributed by atoms with van der Waals surface area (Å²) >= 11 is 0. The van der Waals surface area contributed by atoms with Crippen LogP contribution in [0.4, 0.5) is 4.79 Å². The van der Waals surface area contributed by atoms with Gasteiger partial charge in [-0.2, -0.15) is 0 Å². The second kappa shape index (κ2) is 9.18. The molecule has 1 saturated heterocycles. The van der Waals surface area contributed by atoms with E-state index in [1.807, 2.05) is 77.1 Å². The lowest BCUT2D eigenvalue weighted by molar-refractivity contribution is -0.118. The van der Waals surface area contributed by atoms with Gasteiger partial charge < -0.3 is 19.5 Å². The van der Waals surface area contributed by atoms with Crippen molar-refractivity contribution in [2.45, 2.75) is 65.4 Å². The van der Waals surface area contributed by atoms with Gasteiger partial charge in [-0.25, -0.2) is 4.79 Å². The standard InChI is InChI=1S/C31H35NO5/c1-18-14-19(2)23(20(3)15-18)25-27(33)24-22-12-13-31(37-22,17-36-29(34)32-30(4,5)6)26(24)28(25)35-16-21-10-8-7-9-11-21/h7-15,22,24,26H,16-17H2,1-6H3,(H,32,34)/t22-,24-,26+,31-/m0/s1. The van der Waals surface area contributed by atoms with E-state index in [1.165, 1.54) is 0 Å². The topological polar surface area (TPSA) is 73.9 Å². The van der Waals surface area contributed by atoms with Gasteiger partial charge in [0.15, 0.2) is 5.78 Å². The summed E-state index contributed by atoms with van der Waals surface area (Å²) in [5, 5.41) is 2.83. The van der Waals surface area contributed by atoms with Crippen molar-refractivity contribution in [3.8, 4) is 0 Å². The van der Waals surface area contributed by atoms with E-state index in [-0.39, 0.29) is 24.4 Å². The second-order valence-electron chi connectivity index (χ2n) is 11.5. The normalized spacial score (nSPS) is 26.0. The first-order chi connectivity index (χ1) is 17.5. The van der Waals surface area contributed by atoms with Crippen molar-refractivity contribution in [2.24, 2.45) is 11.8 Å². The second-order valence-corrected chi connectivity index (χ2v) is 11.5. The maximum atomic E-state index is 14.1. The summed E-state index contributed by atoms with van der Waals surface area (Å²) in [6, 6.07) is 14.1. The fourth-order valence-electron chi connectivity index (χ4n) is 5.99. The number of nitrogens with one attached hydrogen (secondary N) is 1. The fraction of sp³-hybridized carbons (Fsp3) is 0.419. The Kier molecular flexibility index (Phi) is 6.27. The highest BCUT2D eigenvalue weighted by atomic mass is 16.6. The van der Waals surface area contributed by atoms with E-state index in [1.54, 1.807) is 0 Å². The van der Waals surface area contributed by atoms with Crippen LogP contribution in [0.5, 0.6) is 0 Å². The third kappa shape index (κ3) is 4.59. The smallest absolute Gasteiger partial charge is 0.407 e. The number of ether oxygens (including phenoxy) is 3. The van der Waals surface area contributed by atoms with Crippen LogP contribution in [-0.4, -0.2) is 35.7 Å². The predicted molar refractivity (Wildman–Crippen MR) is 142 cm³/mol. The number of ketones is 1. The lowest BCUT2D eigenvalue weighted by Gasteiger charge is -2.31. The molecule has 0 unspecified atom stereocenters. The maximum Gasteiger partial charge on any atom is 0.407 e. The molecule has 6 nitrogen and oxygen atoms in total. The first-order valence-electron chi connectivity index (χ1n) is 12.8. The summed E-state index contributed by atoms with van der Waals surface area (Å²) in [4.78, 5) is 26.6. The summed E-state index contributed by atoms with van der Waals surface area (Å²) in [6.07, 6.45) is 2.97. The van der Waals surface area contributed by atoms with E-state index in [4.69, 9.17) is 14.2 Å². The molecule has 0 radical (unpaired) electrons. The number of allylic oxidation sites excluding steroid dienone is 1. The number of carbonyl (C=O) groups excluding carboxylic acids is 2. The van der Waals surface area contributed by atoms with Crippen molar-refractivity contribution in [1.82, 2.24) is 5.32 Å². The van der Waals surface area contributed by atoms with Crippen LogP contribution in [0.15, 0.2) is 60.4 Å². The van der Waals surface area contributed by atoms with E-state index < -0.39 is 23.2 Å². The molecule has 2 heterocycles. The Morgan fingerprint density at radius 3 is 2.41 bits per heavy atom. The molecule has 1 fully saturated rings. The number of carbonyl (C=O) groups is 2. The molecule has 6 heteroatoms. The highest BCUT2D eigenvalue weighted by Crippen LogP contribution is 2.58. The van der Waals surface area contributed by atoms with Crippen molar-refractivity contribution >= 4 is 17.4 Å². The van der Waals surface area contributed by atoms with E-state index >= 15 is 0 Å². The zero-order valence-electron chi connectivity index (χ0n) is 22.4. The summed E-state index contributed by atoms with van der Waals surface area (Å²) in [5.41, 5.74) is 4.41. The van der Waals surface area contributed by atoms with Crippen LogP contribution in [0.3, 0.4) is 0 Å². The summed E-state index contributed by atoms with van der Waals surface area (Å²) < 4.78 is 18.6. The summed E-state index contributed by atoms with van der Waals surface area (Å²) in [6.45, 7) is 12.1. The minimum Gasteiger partial charge on any atom is -0.492 e. The van der Waals surface area contributed by atoms with Crippen LogP contribution in [0.1, 0.15) is 48.6 Å². The molecule has 0 saturated carbocycles. The zero-order chi connectivity index (χ0) is 26.5. The lowest BCUT2D eigenvalue weighted by atomic mass is 9.76. The number of alkyl carbamates (subject to hydrolysis) is 1. The van der Waals surface area contributed by atoms with Crippen molar-refractivity contribution < 1.29 is 23.8 Å². The SMILES string of the molecule is Cc1cc(C)c(C2=C(OCc3ccccc3)[C@H]3[C@@H](C2=O)[C@@H]2C=C[C@@]3(COC(=O)NC(C)(C)C)O2)c(C)c1. The molecule has 1 aliphatic carbocycles. The predicted octanol–water partition coefficient (Wildman–Crippen LogP) is 5.59. The van der Waals surface area contributed by atoms with Crippen LogP contribution < -0.4 is 5.32 Å². The molecule has 194 valence electrons. The minimum absolute atomic E-state index is 0.00625. The molecule has 0 spiro atoms. The molecule has 0 aromatic heterocycles. The Bertz CT molecular complexity index is 1280. The van der Waals surface area contributed by atoms with Gasteiger partial charge in [0.1, 0.15) is 24.6 Å². The lowest BCUT2D eigenvalue weighted by Crippen LogP contribution is -2.45. The van der Waals surface area contributed by atoms with Gasteiger partial charge >= 0.3 is 6.09 Å². The van der Waals surface area contributed by atoms with Crippen LogP contribution >= 0.6 is 0 Å². The number of fused-ring (bicyclic) bond motifs is 5. The molecule has 2 aliphatic heterocycles. The summed E-state index contributed by atoms with van der Waals surface area (Å²) in [5.74, 6) is -0.143. The van der Waals surface area contributed by atoms with Gasteiger partial charge in [0, 0.05) is 5.54 Å². The van der Waals surface area contributed by atoms with Crippen LogP contribution in [0.2, 0.25) is 0 Å². The number of hydrogen-bond donors (Lipinski definition) is 1. The molecule has 37 heavy (non-hydrogen) atoms. The zero-order valence-corrected chi connectivity index (χ0v) is 22.4. The number of rotatable bonds is 6. The number of aryl methyl sites for hydroxylation is 3. The Hall–Kier alpha value is -3.38. The molecule has 1 N–H and O–H groups in total. The van der Waals surface area contributed by atoms with Gasteiger partial charge in [-0.05, 0) is 63.8 Å². The van der Waals surface area contributed by atoms with Crippen LogP contribution in [-0.2, 0) is 25.6 Å². The van der Waals surface area contributed by atoms with Gasteiger partial charge in [0.05, 0.1) is 23.5 Å². The first-order valence-corrected chi connectivity index (χ1v) is 12.8. The summed E-state index contributed by atoms with van der Waals surface area (Å²) in [7, 11) is 0. The van der Waals surface area contributed by atoms with Crippen molar-refractivity contribution in [3.63, 3.8) is 0 Å². The van der Waals surface area contributed by atoms with E-state index in [0.29, 0.717) is 17.9 Å². The quantitative estimate of drug-likeness (QED) is 0.523. The number of hydrogen-bond acceptors (Lipinski definition) is 5. The average Bonchev–Trinajstić information content (AvgIpc) is 3.46. The molecule has 5 rings (SSSR count). The molecule has 1 amide bonds.